The second-order valence-electron chi connectivity index (χ2n) is 5.39. The molecule has 0 radical (unpaired) electrons. The highest BCUT2D eigenvalue weighted by Crippen LogP contribution is 2.24. The van der Waals surface area contributed by atoms with Gasteiger partial charge in [0.15, 0.2) is 0 Å². The first kappa shape index (κ1) is 15.9. The van der Waals surface area contributed by atoms with Crippen molar-refractivity contribution >= 4 is 5.91 Å². The van der Waals surface area contributed by atoms with Crippen LogP contribution in [0, 0.1) is 6.92 Å². The highest BCUT2D eigenvalue weighted by Gasteiger charge is 2.34. The quantitative estimate of drug-likeness (QED) is 0.843. The normalized spacial score (nSPS) is 21.0. The van der Waals surface area contributed by atoms with Gasteiger partial charge in [0.25, 0.3) is 0 Å². The van der Waals surface area contributed by atoms with Crippen LogP contribution in [0.1, 0.15) is 24.1 Å². The van der Waals surface area contributed by atoms with Gasteiger partial charge in [-0.1, -0.05) is 29.8 Å². The summed E-state index contributed by atoms with van der Waals surface area (Å²) in [6.45, 7) is 6.88. The molecular weight excluding hydrogens is 266 g/mol. The smallest absolute Gasteiger partial charge is 0.239 e. The summed E-state index contributed by atoms with van der Waals surface area (Å²) in [6.07, 6.45) is 0. The average molecular weight is 291 g/mol. The van der Waals surface area contributed by atoms with E-state index in [0.717, 1.165) is 12.1 Å². The maximum atomic E-state index is 12.2. The van der Waals surface area contributed by atoms with Crippen molar-refractivity contribution in [1.29, 1.82) is 0 Å². The summed E-state index contributed by atoms with van der Waals surface area (Å²) in [5, 5.41) is 2.88. The maximum absolute atomic E-state index is 12.2. The van der Waals surface area contributed by atoms with Gasteiger partial charge in [-0.25, -0.2) is 0 Å². The standard InChI is InChI=1S/C16H25N3O2/c1-3-18-16(20)15-11-21-9-8-19(15)14(10-17)13-6-4-12(2)5-7-13/h4-7,14-15H,3,8-11,17H2,1-2H3,(H,18,20). The van der Waals surface area contributed by atoms with Crippen molar-refractivity contribution in [1.82, 2.24) is 10.2 Å². The monoisotopic (exact) mass is 291 g/mol. The number of amides is 1. The predicted octanol–water partition coefficient (Wildman–Crippen LogP) is 0.832. The zero-order valence-corrected chi connectivity index (χ0v) is 12.8. The van der Waals surface area contributed by atoms with Crippen molar-refractivity contribution in [2.45, 2.75) is 25.9 Å². The minimum atomic E-state index is -0.270. The van der Waals surface area contributed by atoms with Crippen LogP contribution in [0.2, 0.25) is 0 Å². The molecule has 1 saturated heterocycles. The van der Waals surface area contributed by atoms with Gasteiger partial charge in [-0.15, -0.1) is 0 Å². The van der Waals surface area contributed by atoms with Crippen LogP contribution in [0.4, 0.5) is 0 Å². The first-order valence-electron chi connectivity index (χ1n) is 7.55. The van der Waals surface area contributed by atoms with Crippen LogP contribution < -0.4 is 11.1 Å². The number of ether oxygens (including phenoxy) is 1. The molecule has 5 heteroatoms. The van der Waals surface area contributed by atoms with Crippen LogP contribution >= 0.6 is 0 Å². The molecule has 1 aliphatic heterocycles. The van der Waals surface area contributed by atoms with Crippen LogP contribution in [0.5, 0.6) is 0 Å². The topological polar surface area (TPSA) is 67.6 Å². The number of nitrogens with zero attached hydrogens (tertiary/aromatic N) is 1. The molecule has 0 aromatic heterocycles. The third kappa shape index (κ3) is 3.81. The van der Waals surface area contributed by atoms with E-state index < -0.39 is 0 Å². The van der Waals surface area contributed by atoms with E-state index in [9.17, 15) is 4.79 Å². The lowest BCUT2D eigenvalue weighted by atomic mass is 10.0. The average Bonchev–Trinajstić information content (AvgIpc) is 2.50. The number of benzene rings is 1. The van der Waals surface area contributed by atoms with Gasteiger partial charge in [0.05, 0.1) is 13.2 Å². The fourth-order valence-corrected chi connectivity index (χ4v) is 2.76. The Balaban J connectivity index is 2.20. The van der Waals surface area contributed by atoms with Crippen molar-refractivity contribution in [2.75, 3.05) is 32.8 Å². The lowest BCUT2D eigenvalue weighted by Crippen LogP contribution is -2.55. The van der Waals surface area contributed by atoms with E-state index in [0.29, 0.717) is 26.3 Å². The molecule has 2 atom stereocenters. The van der Waals surface area contributed by atoms with Gasteiger partial charge in [0, 0.05) is 25.7 Å². The summed E-state index contributed by atoms with van der Waals surface area (Å²) in [7, 11) is 0. The van der Waals surface area contributed by atoms with Crippen molar-refractivity contribution in [3.8, 4) is 0 Å². The number of morpholine rings is 1. The van der Waals surface area contributed by atoms with Gasteiger partial charge in [0.2, 0.25) is 5.91 Å². The number of carbonyl (C=O) groups is 1. The first-order valence-corrected chi connectivity index (χ1v) is 7.55. The summed E-state index contributed by atoms with van der Waals surface area (Å²) in [5.41, 5.74) is 8.37. The Kier molecular flexibility index (Phi) is 5.73. The summed E-state index contributed by atoms with van der Waals surface area (Å²) < 4.78 is 5.49. The lowest BCUT2D eigenvalue weighted by molar-refractivity contribution is -0.134. The molecule has 3 N–H and O–H groups in total. The Hall–Kier alpha value is -1.43. The number of aryl methyl sites for hydroxylation is 1. The number of carbonyl (C=O) groups excluding carboxylic acids is 1. The number of hydrogen-bond donors (Lipinski definition) is 2. The summed E-state index contributed by atoms with van der Waals surface area (Å²) in [4.78, 5) is 14.4. The first-order chi connectivity index (χ1) is 10.2. The van der Waals surface area contributed by atoms with Crippen LogP contribution in [-0.4, -0.2) is 49.7 Å². The lowest BCUT2D eigenvalue weighted by Gasteiger charge is -2.39. The number of hydrogen-bond acceptors (Lipinski definition) is 4. The van der Waals surface area contributed by atoms with Crippen LogP contribution in [-0.2, 0) is 9.53 Å². The fraction of sp³-hybridized carbons (Fsp3) is 0.562. The second-order valence-corrected chi connectivity index (χ2v) is 5.39. The Morgan fingerprint density at radius 1 is 1.48 bits per heavy atom. The molecule has 1 aromatic carbocycles. The summed E-state index contributed by atoms with van der Waals surface area (Å²) in [5.74, 6) is 0.0164. The van der Waals surface area contributed by atoms with Gasteiger partial charge in [-0.05, 0) is 19.4 Å². The van der Waals surface area contributed by atoms with Crippen molar-refractivity contribution in [2.24, 2.45) is 5.73 Å². The van der Waals surface area contributed by atoms with Crippen LogP contribution in [0.3, 0.4) is 0 Å². The minimum Gasteiger partial charge on any atom is -0.378 e. The highest BCUT2D eigenvalue weighted by atomic mass is 16.5. The third-order valence-electron chi connectivity index (χ3n) is 3.91. The number of likely N-dealkylation sites (N-methyl/N-ethyl adjacent to an activating group) is 1. The Morgan fingerprint density at radius 2 is 2.19 bits per heavy atom. The summed E-state index contributed by atoms with van der Waals surface area (Å²) in [6, 6.07) is 8.13. The number of nitrogens with two attached hydrogens (primary N) is 1. The molecule has 0 bridgehead atoms. The fourth-order valence-electron chi connectivity index (χ4n) is 2.76. The molecule has 21 heavy (non-hydrogen) atoms. The minimum absolute atomic E-state index is 0.0164. The van der Waals surface area contributed by atoms with Crippen molar-refractivity contribution in [3.63, 3.8) is 0 Å². The van der Waals surface area contributed by atoms with Crippen molar-refractivity contribution in [3.05, 3.63) is 35.4 Å². The Labute approximate surface area is 126 Å². The Morgan fingerprint density at radius 3 is 2.81 bits per heavy atom. The number of nitrogens with one attached hydrogen (secondary N) is 1. The van der Waals surface area contributed by atoms with E-state index in [1.54, 1.807) is 0 Å². The van der Waals surface area contributed by atoms with Gasteiger partial charge < -0.3 is 15.8 Å². The molecule has 0 spiro atoms. The van der Waals surface area contributed by atoms with Crippen LogP contribution in [0.25, 0.3) is 0 Å². The van der Waals surface area contributed by atoms with Gasteiger partial charge in [0.1, 0.15) is 6.04 Å². The van der Waals surface area contributed by atoms with E-state index in [2.05, 4.69) is 41.4 Å². The number of rotatable bonds is 5. The van der Waals surface area contributed by atoms with Crippen LogP contribution in [0.15, 0.2) is 24.3 Å². The van der Waals surface area contributed by atoms with E-state index in [1.165, 1.54) is 5.56 Å². The molecule has 2 rings (SSSR count). The molecule has 0 saturated carbocycles. The van der Waals surface area contributed by atoms with E-state index in [-0.39, 0.29) is 18.0 Å². The molecule has 2 unspecified atom stereocenters. The second kappa shape index (κ2) is 7.54. The maximum Gasteiger partial charge on any atom is 0.239 e. The van der Waals surface area contributed by atoms with E-state index in [1.807, 2.05) is 6.92 Å². The predicted molar refractivity (Wildman–Crippen MR) is 83.0 cm³/mol. The highest BCUT2D eigenvalue weighted by molar-refractivity contribution is 5.82. The largest absolute Gasteiger partial charge is 0.378 e. The molecular formula is C16H25N3O2. The molecule has 1 fully saturated rings. The van der Waals surface area contributed by atoms with Gasteiger partial charge in [-0.3, -0.25) is 9.69 Å². The third-order valence-corrected chi connectivity index (χ3v) is 3.91. The van der Waals surface area contributed by atoms with Gasteiger partial charge in [-0.2, -0.15) is 0 Å². The zero-order chi connectivity index (χ0) is 15.2. The molecule has 1 aliphatic rings. The zero-order valence-electron chi connectivity index (χ0n) is 12.8. The molecule has 0 aliphatic carbocycles. The van der Waals surface area contributed by atoms with Crippen molar-refractivity contribution < 1.29 is 9.53 Å². The summed E-state index contributed by atoms with van der Waals surface area (Å²) >= 11 is 0. The molecule has 116 valence electrons. The van der Waals surface area contributed by atoms with Gasteiger partial charge >= 0.3 is 0 Å². The van der Waals surface area contributed by atoms with E-state index >= 15 is 0 Å². The molecule has 1 amide bonds. The Bertz CT molecular complexity index is 461. The molecule has 5 nitrogen and oxygen atoms in total. The SMILES string of the molecule is CCNC(=O)C1COCCN1C(CN)c1ccc(C)cc1. The van der Waals surface area contributed by atoms with E-state index in [4.69, 9.17) is 10.5 Å². The molecule has 1 heterocycles. The molecule has 1 aromatic rings.